The summed E-state index contributed by atoms with van der Waals surface area (Å²) in [6.45, 7) is 4.18. The highest BCUT2D eigenvalue weighted by Gasteiger charge is 2.23. The summed E-state index contributed by atoms with van der Waals surface area (Å²) in [6.07, 6.45) is 0.960. The second-order valence-electron chi connectivity index (χ2n) is 3.61. The van der Waals surface area contributed by atoms with Gasteiger partial charge in [-0.2, -0.15) is 5.26 Å². The third-order valence-corrected chi connectivity index (χ3v) is 2.88. The Morgan fingerprint density at radius 1 is 1.50 bits per heavy atom. The van der Waals surface area contributed by atoms with Crippen LogP contribution in [0.1, 0.15) is 24.8 Å². The molecule has 2 heteroatoms. The number of benzene rings is 1. The first kappa shape index (κ1) is 9.08. The first-order valence-electron chi connectivity index (χ1n) is 5.10. The maximum Gasteiger partial charge on any atom is 0.0749 e. The Balaban J connectivity index is 2.44. The van der Waals surface area contributed by atoms with Crippen LogP contribution in [0.15, 0.2) is 24.3 Å². The van der Waals surface area contributed by atoms with Crippen LogP contribution in [-0.2, 0) is 0 Å². The van der Waals surface area contributed by atoms with Gasteiger partial charge in [-0.05, 0) is 25.0 Å². The average Bonchev–Trinajstić information content (AvgIpc) is 2.27. The molecule has 0 aromatic heterocycles. The van der Waals surface area contributed by atoms with Crippen LogP contribution in [0.4, 0.5) is 5.69 Å². The van der Waals surface area contributed by atoms with Gasteiger partial charge in [0, 0.05) is 18.8 Å². The summed E-state index contributed by atoms with van der Waals surface area (Å²) in [5.74, 6) is 0.0917. The lowest BCUT2D eigenvalue weighted by Gasteiger charge is -2.32. The van der Waals surface area contributed by atoms with Crippen molar-refractivity contribution in [3.8, 4) is 6.07 Å². The normalized spacial score (nSPS) is 20.0. The predicted octanol–water partition coefficient (Wildman–Crippen LogP) is 2.52. The zero-order valence-corrected chi connectivity index (χ0v) is 8.40. The lowest BCUT2D eigenvalue weighted by atomic mass is 9.91. The Bertz CT molecular complexity index is 365. The van der Waals surface area contributed by atoms with Crippen molar-refractivity contribution >= 4 is 5.69 Å². The number of hydrogen-bond acceptors (Lipinski definition) is 2. The standard InChI is InChI=1S/C12H14N2/c1-2-14-8-7-10(9-13)11-5-3-4-6-12(11)14/h3-6,10H,2,7-8H2,1H3. The van der Waals surface area contributed by atoms with Crippen LogP contribution < -0.4 is 4.90 Å². The van der Waals surface area contributed by atoms with Gasteiger partial charge >= 0.3 is 0 Å². The molecule has 0 saturated carbocycles. The fourth-order valence-electron chi connectivity index (χ4n) is 2.09. The van der Waals surface area contributed by atoms with E-state index in [4.69, 9.17) is 5.26 Å². The number of nitrogens with zero attached hydrogens (tertiary/aromatic N) is 2. The van der Waals surface area contributed by atoms with Gasteiger partial charge in [-0.25, -0.2) is 0 Å². The maximum absolute atomic E-state index is 9.03. The van der Waals surface area contributed by atoms with Crippen molar-refractivity contribution in [2.24, 2.45) is 0 Å². The summed E-state index contributed by atoms with van der Waals surface area (Å²) < 4.78 is 0. The molecule has 0 amide bonds. The summed E-state index contributed by atoms with van der Waals surface area (Å²) in [7, 11) is 0. The molecule has 0 bridgehead atoms. The molecular weight excluding hydrogens is 172 g/mol. The number of anilines is 1. The molecule has 0 N–H and O–H groups in total. The van der Waals surface area contributed by atoms with E-state index in [1.807, 2.05) is 12.1 Å². The van der Waals surface area contributed by atoms with Gasteiger partial charge in [0.1, 0.15) is 0 Å². The van der Waals surface area contributed by atoms with E-state index in [0.29, 0.717) is 0 Å². The molecule has 0 spiro atoms. The smallest absolute Gasteiger partial charge is 0.0749 e. The number of hydrogen-bond donors (Lipinski definition) is 0. The number of nitriles is 1. The molecule has 0 radical (unpaired) electrons. The Hall–Kier alpha value is -1.49. The van der Waals surface area contributed by atoms with Crippen LogP contribution >= 0.6 is 0 Å². The van der Waals surface area contributed by atoms with Gasteiger partial charge in [-0.15, -0.1) is 0 Å². The Labute approximate surface area is 84.8 Å². The van der Waals surface area contributed by atoms with Gasteiger partial charge in [0.25, 0.3) is 0 Å². The highest BCUT2D eigenvalue weighted by atomic mass is 15.1. The largest absolute Gasteiger partial charge is 0.371 e. The van der Waals surface area contributed by atoms with Crippen molar-refractivity contribution in [2.45, 2.75) is 19.3 Å². The number of fused-ring (bicyclic) bond motifs is 1. The van der Waals surface area contributed by atoms with E-state index < -0.39 is 0 Å². The minimum absolute atomic E-state index is 0.0917. The second-order valence-corrected chi connectivity index (χ2v) is 3.61. The van der Waals surface area contributed by atoms with Gasteiger partial charge in [0.15, 0.2) is 0 Å². The molecule has 1 unspecified atom stereocenters. The quantitative estimate of drug-likeness (QED) is 0.673. The van der Waals surface area contributed by atoms with Gasteiger partial charge in [-0.3, -0.25) is 0 Å². The van der Waals surface area contributed by atoms with Crippen LogP contribution in [0, 0.1) is 11.3 Å². The number of rotatable bonds is 1. The van der Waals surface area contributed by atoms with Crippen LogP contribution in [0.25, 0.3) is 0 Å². The van der Waals surface area contributed by atoms with E-state index in [2.05, 4.69) is 30.0 Å². The molecule has 1 heterocycles. The highest BCUT2D eigenvalue weighted by molar-refractivity contribution is 5.58. The summed E-state index contributed by atoms with van der Waals surface area (Å²) in [5, 5.41) is 9.03. The van der Waals surface area contributed by atoms with Gasteiger partial charge in [-0.1, -0.05) is 18.2 Å². The fraction of sp³-hybridized carbons (Fsp3) is 0.417. The molecule has 2 nitrogen and oxygen atoms in total. The summed E-state index contributed by atoms with van der Waals surface area (Å²) in [5.41, 5.74) is 2.44. The predicted molar refractivity (Wildman–Crippen MR) is 57.3 cm³/mol. The molecule has 0 aliphatic carbocycles. The Morgan fingerprint density at radius 3 is 3.00 bits per heavy atom. The van der Waals surface area contributed by atoms with Crippen LogP contribution in [0.2, 0.25) is 0 Å². The summed E-state index contributed by atoms with van der Waals surface area (Å²) >= 11 is 0. The maximum atomic E-state index is 9.03. The van der Waals surface area contributed by atoms with Crippen LogP contribution in [0.3, 0.4) is 0 Å². The Kier molecular flexibility index (Phi) is 2.41. The molecule has 1 aliphatic heterocycles. The zero-order valence-electron chi connectivity index (χ0n) is 8.40. The molecule has 1 atom stereocenters. The monoisotopic (exact) mass is 186 g/mol. The SMILES string of the molecule is CCN1CCC(C#N)c2ccccc21. The fourth-order valence-corrected chi connectivity index (χ4v) is 2.09. The van der Waals surface area contributed by atoms with E-state index in [1.165, 1.54) is 11.3 Å². The van der Waals surface area contributed by atoms with Crippen molar-refractivity contribution in [3.63, 3.8) is 0 Å². The van der Waals surface area contributed by atoms with Crippen molar-refractivity contribution in [1.29, 1.82) is 5.26 Å². The molecular formula is C12H14N2. The lowest BCUT2D eigenvalue weighted by molar-refractivity contribution is 0.664. The molecule has 2 rings (SSSR count). The topological polar surface area (TPSA) is 27.0 Å². The minimum Gasteiger partial charge on any atom is -0.371 e. The van der Waals surface area contributed by atoms with E-state index in [-0.39, 0.29) is 5.92 Å². The second kappa shape index (κ2) is 3.71. The lowest BCUT2D eigenvalue weighted by Crippen LogP contribution is -2.30. The van der Waals surface area contributed by atoms with Crippen molar-refractivity contribution in [1.82, 2.24) is 0 Å². The van der Waals surface area contributed by atoms with Crippen molar-refractivity contribution in [3.05, 3.63) is 29.8 Å². The zero-order chi connectivity index (χ0) is 9.97. The van der Waals surface area contributed by atoms with Crippen molar-refractivity contribution in [2.75, 3.05) is 18.0 Å². The molecule has 0 saturated heterocycles. The number of para-hydroxylation sites is 1. The molecule has 0 fully saturated rings. The highest BCUT2D eigenvalue weighted by Crippen LogP contribution is 2.34. The third-order valence-electron chi connectivity index (χ3n) is 2.88. The third kappa shape index (κ3) is 1.35. The average molecular weight is 186 g/mol. The van der Waals surface area contributed by atoms with Gasteiger partial charge in [0.05, 0.1) is 12.0 Å². The molecule has 1 aromatic carbocycles. The van der Waals surface area contributed by atoms with Crippen LogP contribution in [-0.4, -0.2) is 13.1 Å². The van der Waals surface area contributed by atoms with Crippen LogP contribution in [0.5, 0.6) is 0 Å². The first-order valence-corrected chi connectivity index (χ1v) is 5.10. The molecule has 1 aliphatic rings. The Morgan fingerprint density at radius 2 is 2.29 bits per heavy atom. The minimum atomic E-state index is 0.0917. The van der Waals surface area contributed by atoms with Gasteiger partial charge in [0.2, 0.25) is 0 Å². The summed E-state index contributed by atoms with van der Waals surface area (Å²) in [4.78, 5) is 2.34. The molecule has 1 aromatic rings. The molecule has 14 heavy (non-hydrogen) atoms. The van der Waals surface area contributed by atoms with E-state index in [1.54, 1.807) is 0 Å². The first-order chi connectivity index (χ1) is 6.86. The van der Waals surface area contributed by atoms with E-state index in [9.17, 15) is 0 Å². The van der Waals surface area contributed by atoms with E-state index in [0.717, 1.165) is 19.5 Å². The van der Waals surface area contributed by atoms with E-state index >= 15 is 0 Å². The van der Waals surface area contributed by atoms with Crippen molar-refractivity contribution < 1.29 is 0 Å². The molecule has 72 valence electrons. The summed E-state index contributed by atoms with van der Waals surface area (Å²) in [6, 6.07) is 10.6. The van der Waals surface area contributed by atoms with Gasteiger partial charge < -0.3 is 4.90 Å².